The summed E-state index contributed by atoms with van der Waals surface area (Å²) in [6.07, 6.45) is 3.74. The van der Waals surface area contributed by atoms with Gasteiger partial charge in [0.05, 0.1) is 19.6 Å². The number of aliphatic hydroxyl groups is 1. The van der Waals surface area contributed by atoms with Crippen LogP contribution in [0.2, 0.25) is 0 Å². The smallest absolute Gasteiger partial charge is 0.111 e. The maximum Gasteiger partial charge on any atom is 0.111 e. The summed E-state index contributed by atoms with van der Waals surface area (Å²) in [6, 6.07) is 4.37. The predicted molar refractivity (Wildman–Crippen MR) is 66.5 cm³/mol. The zero-order valence-electron chi connectivity index (χ0n) is 9.64. The molecule has 1 aromatic rings. The first-order chi connectivity index (χ1) is 7.77. The van der Waals surface area contributed by atoms with Gasteiger partial charge >= 0.3 is 0 Å². The fraction of sp³-hybridized carbons (Fsp3) is 0.692. The van der Waals surface area contributed by atoms with E-state index in [0.29, 0.717) is 5.92 Å². The van der Waals surface area contributed by atoms with Gasteiger partial charge in [0.25, 0.3) is 0 Å². The van der Waals surface area contributed by atoms with Crippen LogP contribution < -0.4 is 0 Å². The molecule has 2 bridgehead atoms. The quantitative estimate of drug-likeness (QED) is 0.794. The third-order valence-corrected chi connectivity index (χ3v) is 5.29. The molecule has 3 heteroatoms. The van der Waals surface area contributed by atoms with E-state index in [2.05, 4.69) is 17.5 Å². The molecule has 1 aromatic heterocycles. The van der Waals surface area contributed by atoms with E-state index >= 15 is 0 Å². The van der Waals surface area contributed by atoms with Crippen molar-refractivity contribution in [1.82, 2.24) is 0 Å². The lowest BCUT2D eigenvalue weighted by Crippen LogP contribution is -2.47. The Bertz CT molecular complexity index is 347. The van der Waals surface area contributed by atoms with Crippen molar-refractivity contribution in [1.29, 1.82) is 0 Å². The van der Waals surface area contributed by atoms with Gasteiger partial charge in [-0.05, 0) is 17.9 Å². The average Bonchev–Trinajstić information content (AvgIpc) is 2.92. The molecular formula is C13H20NOS+. The summed E-state index contributed by atoms with van der Waals surface area (Å²) in [7, 11) is 0. The van der Waals surface area contributed by atoms with Gasteiger partial charge in [0, 0.05) is 23.6 Å². The molecule has 0 radical (unpaired) electrons. The van der Waals surface area contributed by atoms with Crippen LogP contribution in [0.3, 0.4) is 0 Å². The number of hydrogen-bond donors (Lipinski definition) is 1. The Balaban J connectivity index is 1.52. The van der Waals surface area contributed by atoms with E-state index in [0.717, 1.165) is 6.54 Å². The molecule has 1 N–H and O–H groups in total. The summed E-state index contributed by atoms with van der Waals surface area (Å²) >= 11 is 1.87. The zero-order chi connectivity index (χ0) is 11.0. The van der Waals surface area contributed by atoms with Crippen molar-refractivity contribution in [2.45, 2.75) is 25.4 Å². The van der Waals surface area contributed by atoms with Crippen molar-refractivity contribution in [3.05, 3.63) is 22.4 Å². The molecule has 0 aliphatic carbocycles. The minimum Gasteiger partial charge on any atom is -0.387 e. The maximum absolute atomic E-state index is 9.85. The van der Waals surface area contributed by atoms with E-state index in [1.165, 1.54) is 48.3 Å². The maximum atomic E-state index is 9.85. The summed E-state index contributed by atoms with van der Waals surface area (Å²) < 4.78 is 1.21. The van der Waals surface area contributed by atoms with Crippen LogP contribution in [0.5, 0.6) is 0 Å². The summed E-state index contributed by atoms with van der Waals surface area (Å²) in [6.45, 7) is 4.85. The Morgan fingerprint density at radius 2 is 2.38 bits per heavy atom. The largest absolute Gasteiger partial charge is 0.387 e. The van der Waals surface area contributed by atoms with E-state index < -0.39 is 0 Å². The molecule has 2 aliphatic rings. The number of nitrogens with zero attached hydrogens (tertiary/aromatic N) is 1. The summed E-state index contributed by atoms with van der Waals surface area (Å²) in [5.74, 6) is 0.613. The average molecular weight is 238 g/mol. The molecule has 16 heavy (non-hydrogen) atoms. The second-order valence-electron chi connectivity index (χ2n) is 5.45. The van der Waals surface area contributed by atoms with Crippen molar-refractivity contribution in [3.63, 3.8) is 0 Å². The molecule has 0 spiro atoms. The molecule has 88 valence electrons. The minimum atomic E-state index is -0.00418. The van der Waals surface area contributed by atoms with E-state index in [9.17, 15) is 5.11 Å². The fourth-order valence-electron chi connectivity index (χ4n) is 3.48. The highest BCUT2D eigenvalue weighted by atomic mass is 32.1. The first-order valence-corrected chi connectivity index (χ1v) is 7.21. The van der Waals surface area contributed by atoms with E-state index in [1.54, 1.807) is 0 Å². The monoisotopic (exact) mass is 238 g/mol. The van der Waals surface area contributed by atoms with Crippen LogP contribution in [0.25, 0.3) is 0 Å². The van der Waals surface area contributed by atoms with Gasteiger partial charge in [-0.25, -0.2) is 0 Å². The molecule has 0 amide bonds. The van der Waals surface area contributed by atoms with Gasteiger partial charge in [-0.3, -0.25) is 0 Å². The molecule has 2 saturated heterocycles. The minimum absolute atomic E-state index is 0.00418. The highest BCUT2D eigenvalue weighted by Crippen LogP contribution is 2.35. The number of thiophene rings is 1. The summed E-state index contributed by atoms with van der Waals surface area (Å²) in [4.78, 5) is 1.51. The molecule has 2 nitrogen and oxygen atoms in total. The van der Waals surface area contributed by atoms with Crippen molar-refractivity contribution in [2.75, 3.05) is 26.2 Å². The molecule has 0 saturated carbocycles. The van der Waals surface area contributed by atoms with E-state index in [-0.39, 0.29) is 6.10 Å². The number of hydrogen-bond acceptors (Lipinski definition) is 2. The molecule has 3 heterocycles. The first-order valence-electron chi connectivity index (χ1n) is 6.33. The topological polar surface area (TPSA) is 20.2 Å². The summed E-state index contributed by atoms with van der Waals surface area (Å²) in [5.41, 5.74) is 0. The zero-order valence-corrected chi connectivity index (χ0v) is 10.5. The lowest BCUT2D eigenvalue weighted by molar-refractivity contribution is -0.910. The standard InChI is InChI=1S/C13H20NOS/c15-13-10-14(7-5-11(13)9-14)6-1-3-12-4-2-8-16-12/h2,4,8,11,13,15H,1,3,5-7,9-10H2/q+1/t11?,13-,14?/m0/s1. The normalized spacial score (nSPS) is 37.1. The van der Waals surface area contributed by atoms with Crippen LogP contribution >= 0.6 is 11.3 Å². The van der Waals surface area contributed by atoms with Crippen LogP contribution in [0.15, 0.2) is 17.5 Å². The first kappa shape index (κ1) is 10.8. The molecule has 0 aromatic carbocycles. The Morgan fingerprint density at radius 1 is 1.44 bits per heavy atom. The number of fused-ring (bicyclic) bond motifs is 2. The lowest BCUT2D eigenvalue weighted by Gasteiger charge is -2.32. The van der Waals surface area contributed by atoms with Crippen molar-refractivity contribution in [3.8, 4) is 0 Å². The SMILES string of the molecule is O[C@H]1C[N+]2(CCCc3cccs3)CCC1C2. The number of aryl methyl sites for hydroxylation is 1. The van der Waals surface area contributed by atoms with Gasteiger partial charge < -0.3 is 9.59 Å². The van der Waals surface area contributed by atoms with Crippen LogP contribution in [0.4, 0.5) is 0 Å². The lowest BCUT2D eigenvalue weighted by atomic mass is 10.0. The number of quaternary nitrogens is 1. The van der Waals surface area contributed by atoms with Gasteiger partial charge in [0.15, 0.2) is 0 Å². The van der Waals surface area contributed by atoms with Crippen molar-refractivity contribution in [2.24, 2.45) is 5.92 Å². The molecular weight excluding hydrogens is 218 g/mol. The van der Waals surface area contributed by atoms with Crippen molar-refractivity contribution >= 4 is 11.3 Å². The predicted octanol–water partition coefficient (Wildman–Crippen LogP) is 1.89. The van der Waals surface area contributed by atoms with Crippen LogP contribution in [-0.2, 0) is 6.42 Å². The van der Waals surface area contributed by atoms with Crippen LogP contribution in [0, 0.1) is 5.92 Å². The number of piperidine rings is 1. The highest BCUT2D eigenvalue weighted by Gasteiger charge is 2.49. The van der Waals surface area contributed by atoms with Crippen LogP contribution in [0.1, 0.15) is 17.7 Å². The van der Waals surface area contributed by atoms with Gasteiger partial charge in [-0.2, -0.15) is 0 Å². The molecule has 3 atom stereocenters. The molecule has 2 unspecified atom stereocenters. The van der Waals surface area contributed by atoms with Gasteiger partial charge in [0.2, 0.25) is 0 Å². The fourth-order valence-corrected chi connectivity index (χ4v) is 4.23. The second-order valence-corrected chi connectivity index (χ2v) is 6.49. The van der Waals surface area contributed by atoms with Crippen molar-refractivity contribution < 1.29 is 9.59 Å². The highest BCUT2D eigenvalue weighted by molar-refractivity contribution is 7.09. The Hall–Kier alpha value is -0.380. The second kappa shape index (κ2) is 4.13. The third-order valence-electron chi connectivity index (χ3n) is 4.35. The van der Waals surface area contributed by atoms with Gasteiger partial charge in [0.1, 0.15) is 12.6 Å². The molecule has 2 fully saturated rings. The Morgan fingerprint density at radius 3 is 3.00 bits per heavy atom. The summed E-state index contributed by atoms with van der Waals surface area (Å²) in [5, 5.41) is 12.0. The molecule has 2 aliphatic heterocycles. The molecule has 3 rings (SSSR count). The Kier molecular flexibility index (Phi) is 2.78. The van der Waals surface area contributed by atoms with Gasteiger partial charge in [-0.1, -0.05) is 6.07 Å². The van der Waals surface area contributed by atoms with Crippen LogP contribution in [-0.4, -0.2) is 41.9 Å². The third kappa shape index (κ3) is 1.92. The van der Waals surface area contributed by atoms with E-state index in [4.69, 9.17) is 0 Å². The number of rotatable bonds is 4. The Labute approximate surface area is 101 Å². The number of aliphatic hydroxyl groups excluding tert-OH is 1. The van der Waals surface area contributed by atoms with E-state index in [1.807, 2.05) is 11.3 Å². The van der Waals surface area contributed by atoms with Gasteiger partial charge in [-0.15, -0.1) is 11.3 Å².